The van der Waals surface area contributed by atoms with Crippen LogP contribution in [-0.4, -0.2) is 25.0 Å². The molecule has 0 radical (unpaired) electrons. The Labute approximate surface area is 179 Å². The maximum atomic E-state index is 12.7. The molecule has 0 aliphatic rings. The predicted molar refractivity (Wildman–Crippen MR) is 118 cm³/mol. The number of para-hydroxylation sites is 1. The summed E-state index contributed by atoms with van der Waals surface area (Å²) in [5.41, 5.74) is 1.35. The van der Waals surface area contributed by atoms with Crippen molar-refractivity contribution < 1.29 is 19.1 Å². The highest BCUT2D eigenvalue weighted by molar-refractivity contribution is 6.30. The molecule has 30 heavy (non-hydrogen) atoms. The molecule has 0 atom stereocenters. The number of carbonyl (C=O) groups excluding carboxylic acids is 2. The van der Waals surface area contributed by atoms with Crippen LogP contribution in [0.5, 0.6) is 11.5 Å². The molecule has 3 rings (SSSR count). The molecule has 0 aromatic heterocycles. The third-order valence-corrected chi connectivity index (χ3v) is 4.30. The fourth-order valence-electron chi connectivity index (χ4n) is 2.66. The maximum Gasteiger partial charge on any atom is 0.262 e. The molecule has 0 aliphatic carbocycles. The monoisotopic (exact) mass is 424 g/mol. The smallest absolute Gasteiger partial charge is 0.262 e. The lowest BCUT2D eigenvalue weighted by Crippen LogP contribution is -2.22. The van der Waals surface area contributed by atoms with Crippen molar-refractivity contribution in [2.45, 2.75) is 6.92 Å². The minimum absolute atomic E-state index is 0.198. The van der Waals surface area contributed by atoms with E-state index in [9.17, 15) is 9.59 Å². The van der Waals surface area contributed by atoms with Crippen molar-refractivity contribution >= 4 is 34.8 Å². The zero-order valence-electron chi connectivity index (χ0n) is 16.4. The lowest BCUT2D eigenvalue weighted by molar-refractivity contribution is -0.118. The minimum Gasteiger partial charge on any atom is -0.494 e. The summed E-state index contributed by atoms with van der Waals surface area (Å²) in [5.74, 6) is 0.528. The largest absolute Gasteiger partial charge is 0.494 e. The van der Waals surface area contributed by atoms with Crippen molar-refractivity contribution in [2.24, 2.45) is 0 Å². The lowest BCUT2D eigenvalue weighted by atomic mass is 10.1. The molecule has 0 spiro atoms. The Morgan fingerprint density at radius 1 is 0.833 bits per heavy atom. The van der Waals surface area contributed by atoms with Gasteiger partial charge in [0.25, 0.3) is 11.8 Å². The zero-order chi connectivity index (χ0) is 21.3. The number of hydrogen-bond acceptors (Lipinski definition) is 4. The van der Waals surface area contributed by atoms with Crippen molar-refractivity contribution in [3.05, 3.63) is 83.4 Å². The summed E-state index contributed by atoms with van der Waals surface area (Å²) in [6.45, 7) is 2.28. The highest BCUT2D eigenvalue weighted by Crippen LogP contribution is 2.20. The standard InChI is InChI=1S/C23H21ClN2O4/c1-2-29-18-13-9-17(10-14-18)25-23(28)20-5-3-4-6-21(20)26-22(27)15-30-19-11-7-16(24)8-12-19/h3-14H,2,15H2,1H3,(H,25,28)(H,26,27). The van der Waals surface area contributed by atoms with Crippen LogP contribution in [0.25, 0.3) is 0 Å². The number of anilines is 2. The first-order chi connectivity index (χ1) is 14.5. The first-order valence-electron chi connectivity index (χ1n) is 9.36. The van der Waals surface area contributed by atoms with Gasteiger partial charge in [-0.05, 0) is 67.6 Å². The molecule has 0 unspecified atom stereocenters. The van der Waals surface area contributed by atoms with E-state index in [-0.39, 0.29) is 18.4 Å². The third-order valence-electron chi connectivity index (χ3n) is 4.05. The summed E-state index contributed by atoms with van der Waals surface area (Å²) in [6, 6.07) is 20.5. The summed E-state index contributed by atoms with van der Waals surface area (Å²) in [6.07, 6.45) is 0. The Balaban J connectivity index is 1.62. The molecule has 154 valence electrons. The van der Waals surface area contributed by atoms with E-state index < -0.39 is 0 Å². The van der Waals surface area contributed by atoms with Gasteiger partial charge >= 0.3 is 0 Å². The zero-order valence-corrected chi connectivity index (χ0v) is 17.1. The van der Waals surface area contributed by atoms with Gasteiger partial charge in [-0.15, -0.1) is 0 Å². The number of nitrogens with one attached hydrogen (secondary N) is 2. The molecule has 6 nitrogen and oxygen atoms in total. The number of carbonyl (C=O) groups is 2. The van der Waals surface area contributed by atoms with Crippen molar-refractivity contribution in [3.8, 4) is 11.5 Å². The predicted octanol–water partition coefficient (Wildman–Crippen LogP) is 5.01. The third kappa shape index (κ3) is 5.99. The average molecular weight is 425 g/mol. The van der Waals surface area contributed by atoms with Crippen LogP contribution in [0, 0.1) is 0 Å². The van der Waals surface area contributed by atoms with Crippen LogP contribution in [0.15, 0.2) is 72.8 Å². The van der Waals surface area contributed by atoms with E-state index in [0.717, 1.165) is 5.75 Å². The second kappa shape index (κ2) is 10.3. The van der Waals surface area contributed by atoms with Crippen LogP contribution < -0.4 is 20.1 Å². The Hall–Kier alpha value is -3.51. The molecule has 0 fully saturated rings. The number of hydrogen-bond donors (Lipinski definition) is 2. The van der Waals surface area contributed by atoms with E-state index in [2.05, 4.69) is 10.6 Å². The van der Waals surface area contributed by atoms with E-state index in [0.29, 0.717) is 34.3 Å². The van der Waals surface area contributed by atoms with Crippen molar-refractivity contribution in [3.63, 3.8) is 0 Å². The SMILES string of the molecule is CCOc1ccc(NC(=O)c2ccccc2NC(=O)COc2ccc(Cl)cc2)cc1. The van der Waals surface area contributed by atoms with Crippen LogP contribution in [-0.2, 0) is 4.79 Å². The molecule has 3 aromatic carbocycles. The van der Waals surface area contributed by atoms with Crippen LogP contribution in [0.1, 0.15) is 17.3 Å². The van der Waals surface area contributed by atoms with Gasteiger partial charge in [-0.1, -0.05) is 23.7 Å². The second-order valence-corrected chi connectivity index (χ2v) is 6.68. The second-order valence-electron chi connectivity index (χ2n) is 6.25. The van der Waals surface area contributed by atoms with E-state index in [1.807, 2.05) is 6.92 Å². The molecule has 0 aliphatic heterocycles. The van der Waals surface area contributed by atoms with Crippen molar-refractivity contribution in [2.75, 3.05) is 23.8 Å². The molecular weight excluding hydrogens is 404 g/mol. The molecule has 2 N–H and O–H groups in total. The highest BCUT2D eigenvalue weighted by atomic mass is 35.5. The van der Waals surface area contributed by atoms with Gasteiger partial charge in [-0.3, -0.25) is 9.59 Å². The van der Waals surface area contributed by atoms with E-state index in [1.54, 1.807) is 72.8 Å². The van der Waals surface area contributed by atoms with Gasteiger partial charge in [0, 0.05) is 10.7 Å². The molecule has 0 saturated heterocycles. The minimum atomic E-state index is -0.383. The molecular formula is C23H21ClN2O4. The Morgan fingerprint density at radius 3 is 2.17 bits per heavy atom. The van der Waals surface area contributed by atoms with Gasteiger partial charge in [0.15, 0.2) is 6.61 Å². The summed E-state index contributed by atoms with van der Waals surface area (Å²) >= 11 is 5.83. The Kier molecular flexibility index (Phi) is 7.29. The van der Waals surface area contributed by atoms with Gasteiger partial charge in [0.05, 0.1) is 17.9 Å². The highest BCUT2D eigenvalue weighted by Gasteiger charge is 2.14. The summed E-state index contributed by atoms with van der Waals surface area (Å²) in [7, 11) is 0. The number of ether oxygens (including phenoxy) is 2. The summed E-state index contributed by atoms with van der Waals surface area (Å²) < 4.78 is 10.8. The normalized spacial score (nSPS) is 10.2. The number of rotatable bonds is 8. The Bertz CT molecular complexity index is 1000. The van der Waals surface area contributed by atoms with E-state index in [4.69, 9.17) is 21.1 Å². The van der Waals surface area contributed by atoms with Crippen LogP contribution in [0.2, 0.25) is 5.02 Å². The molecule has 0 saturated carbocycles. The first kappa shape index (κ1) is 21.2. The lowest BCUT2D eigenvalue weighted by Gasteiger charge is -2.12. The Morgan fingerprint density at radius 2 is 1.47 bits per heavy atom. The fourth-order valence-corrected chi connectivity index (χ4v) is 2.78. The van der Waals surface area contributed by atoms with Gasteiger partial charge in [0.1, 0.15) is 11.5 Å². The van der Waals surface area contributed by atoms with Crippen molar-refractivity contribution in [1.82, 2.24) is 0 Å². The fraction of sp³-hybridized carbons (Fsp3) is 0.130. The number of benzene rings is 3. The summed E-state index contributed by atoms with van der Waals surface area (Å²) in [5, 5.41) is 6.11. The van der Waals surface area contributed by atoms with Gasteiger partial charge < -0.3 is 20.1 Å². The van der Waals surface area contributed by atoms with Crippen LogP contribution in [0.4, 0.5) is 11.4 Å². The van der Waals surface area contributed by atoms with E-state index >= 15 is 0 Å². The molecule has 7 heteroatoms. The van der Waals surface area contributed by atoms with Crippen LogP contribution in [0.3, 0.4) is 0 Å². The van der Waals surface area contributed by atoms with E-state index in [1.165, 1.54) is 0 Å². The van der Waals surface area contributed by atoms with Gasteiger partial charge in [-0.2, -0.15) is 0 Å². The quantitative estimate of drug-likeness (QED) is 0.533. The van der Waals surface area contributed by atoms with Gasteiger partial charge in [0.2, 0.25) is 0 Å². The molecule has 0 heterocycles. The van der Waals surface area contributed by atoms with Crippen LogP contribution >= 0.6 is 11.6 Å². The maximum absolute atomic E-state index is 12.7. The number of halogens is 1. The molecule has 3 aromatic rings. The summed E-state index contributed by atoms with van der Waals surface area (Å²) in [4.78, 5) is 25.0. The van der Waals surface area contributed by atoms with Crippen molar-refractivity contribution in [1.29, 1.82) is 0 Å². The molecule has 2 amide bonds. The van der Waals surface area contributed by atoms with Gasteiger partial charge in [-0.25, -0.2) is 0 Å². The topological polar surface area (TPSA) is 76.7 Å². The first-order valence-corrected chi connectivity index (χ1v) is 9.74. The molecule has 0 bridgehead atoms. The number of amides is 2. The average Bonchev–Trinajstić information content (AvgIpc) is 2.75.